The number of hydrogen-bond acceptors (Lipinski definition) is 3. The van der Waals surface area contributed by atoms with Gasteiger partial charge < -0.3 is 14.5 Å². The van der Waals surface area contributed by atoms with Crippen LogP contribution < -0.4 is 0 Å². The Morgan fingerprint density at radius 3 is 2.61 bits per heavy atom. The van der Waals surface area contributed by atoms with Crippen molar-refractivity contribution in [2.24, 2.45) is 5.92 Å². The third-order valence-electron chi connectivity index (χ3n) is 3.32. The van der Waals surface area contributed by atoms with Crippen LogP contribution in [-0.4, -0.2) is 54.6 Å². The molecule has 1 rings (SSSR count). The Labute approximate surface area is 109 Å². The van der Waals surface area contributed by atoms with E-state index in [-0.39, 0.29) is 24.6 Å². The second-order valence-electron chi connectivity index (χ2n) is 5.27. The van der Waals surface area contributed by atoms with Crippen molar-refractivity contribution in [3.05, 3.63) is 0 Å². The Kier molecular flexibility index (Phi) is 5.44. The first-order valence-electron chi connectivity index (χ1n) is 6.58. The first-order valence-corrected chi connectivity index (χ1v) is 6.58. The lowest BCUT2D eigenvalue weighted by Crippen LogP contribution is -2.51. The minimum Gasteiger partial charge on any atom is -0.468 e. The molecule has 0 aromatic rings. The molecule has 0 spiro atoms. The molecule has 0 bridgehead atoms. The zero-order valence-electron chi connectivity index (χ0n) is 11.8. The van der Waals surface area contributed by atoms with E-state index in [1.807, 2.05) is 18.7 Å². The van der Waals surface area contributed by atoms with Gasteiger partial charge in [0.1, 0.15) is 6.54 Å². The third-order valence-corrected chi connectivity index (χ3v) is 3.32. The van der Waals surface area contributed by atoms with Crippen molar-refractivity contribution in [2.45, 2.75) is 39.7 Å². The summed E-state index contributed by atoms with van der Waals surface area (Å²) in [6.07, 6.45) is 2.21. The molecule has 1 aliphatic rings. The quantitative estimate of drug-likeness (QED) is 0.722. The summed E-state index contributed by atoms with van der Waals surface area (Å²) < 4.78 is 4.64. The van der Waals surface area contributed by atoms with Crippen LogP contribution >= 0.6 is 0 Å². The molecule has 0 radical (unpaired) electrons. The monoisotopic (exact) mass is 256 g/mol. The van der Waals surface area contributed by atoms with Crippen molar-refractivity contribution >= 4 is 12.0 Å². The van der Waals surface area contributed by atoms with E-state index in [4.69, 9.17) is 0 Å². The summed E-state index contributed by atoms with van der Waals surface area (Å²) in [5.41, 5.74) is 0. The van der Waals surface area contributed by atoms with Gasteiger partial charge in [-0.1, -0.05) is 6.92 Å². The SMILES string of the molecule is COC(=O)CN(C(=O)N1CCCC(C)C1)C(C)C. The number of ether oxygens (including phenoxy) is 1. The number of carbonyl (C=O) groups excluding carboxylic acids is 2. The Hall–Kier alpha value is -1.26. The molecule has 5 nitrogen and oxygen atoms in total. The molecule has 0 saturated carbocycles. The van der Waals surface area contributed by atoms with Gasteiger partial charge in [0.05, 0.1) is 7.11 Å². The highest BCUT2D eigenvalue weighted by Gasteiger charge is 2.28. The van der Waals surface area contributed by atoms with Gasteiger partial charge in [-0.05, 0) is 32.6 Å². The molecule has 0 aromatic heterocycles. The van der Waals surface area contributed by atoms with Crippen LogP contribution in [0.2, 0.25) is 0 Å². The van der Waals surface area contributed by atoms with E-state index in [1.165, 1.54) is 13.5 Å². The lowest BCUT2D eigenvalue weighted by molar-refractivity contribution is -0.141. The van der Waals surface area contributed by atoms with Crippen molar-refractivity contribution in [1.29, 1.82) is 0 Å². The molecule has 1 unspecified atom stereocenters. The second-order valence-corrected chi connectivity index (χ2v) is 5.27. The first kappa shape index (κ1) is 14.8. The Bertz CT molecular complexity index is 305. The van der Waals surface area contributed by atoms with Gasteiger partial charge in [-0.3, -0.25) is 4.79 Å². The standard InChI is InChI=1S/C13H24N2O3/c1-10(2)15(9-12(16)18-4)13(17)14-7-5-6-11(3)8-14/h10-11H,5-9H2,1-4H3. The predicted octanol–water partition coefficient (Wildman–Crippen LogP) is 1.72. The molecule has 18 heavy (non-hydrogen) atoms. The molecular formula is C13H24N2O3. The van der Waals surface area contributed by atoms with Gasteiger partial charge in [0.2, 0.25) is 0 Å². The average Bonchev–Trinajstić information content (AvgIpc) is 2.34. The van der Waals surface area contributed by atoms with Crippen molar-refractivity contribution in [3.63, 3.8) is 0 Å². The fourth-order valence-electron chi connectivity index (χ4n) is 2.22. The molecule has 5 heteroatoms. The highest BCUT2D eigenvalue weighted by Crippen LogP contribution is 2.17. The van der Waals surface area contributed by atoms with Crippen LogP contribution in [0, 0.1) is 5.92 Å². The number of carbonyl (C=O) groups is 2. The molecule has 0 N–H and O–H groups in total. The van der Waals surface area contributed by atoms with Crippen LogP contribution in [0.1, 0.15) is 33.6 Å². The minimum atomic E-state index is -0.373. The maximum atomic E-state index is 12.4. The van der Waals surface area contributed by atoms with E-state index in [0.717, 1.165) is 19.5 Å². The van der Waals surface area contributed by atoms with E-state index < -0.39 is 0 Å². The number of amides is 2. The minimum absolute atomic E-state index is 0.00571. The number of hydrogen-bond donors (Lipinski definition) is 0. The highest BCUT2D eigenvalue weighted by atomic mass is 16.5. The highest BCUT2D eigenvalue weighted by molar-refractivity contribution is 5.81. The van der Waals surface area contributed by atoms with E-state index in [0.29, 0.717) is 5.92 Å². The summed E-state index contributed by atoms with van der Waals surface area (Å²) in [6.45, 7) is 7.57. The lowest BCUT2D eigenvalue weighted by Gasteiger charge is -2.36. The normalized spacial score (nSPS) is 19.8. The van der Waals surface area contributed by atoms with Gasteiger partial charge in [-0.15, -0.1) is 0 Å². The lowest BCUT2D eigenvalue weighted by atomic mass is 10.0. The molecule has 104 valence electrons. The Morgan fingerprint density at radius 2 is 2.11 bits per heavy atom. The van der Waals surface area contributed by atoms with E-state index >= 15 is 0 Å². The smallest absolute Gasteiger partial charge is 0.325 e. The molecule has 1 heterocycles. The molecule has 1 saturated heterocycles. The van der Waals surface area contributed by atoms with Crippen molar-refractivity contribution in [1.82, 2.24) is 9.80 Å². The fourth-order valence-corrected chi connectivity index (χ4v) is 2.22. The van der Waals surface area contributed by atoms with E-state index in [2.05, 4.69) is 11.7 Å². The van der Waals surface area contributed by atoms with Crippen LogP contribution in [0.25, 0.3) is 0 Å². The summed E-state index contributed by atoms with van der Waals surface area (Å²) in [5, 5.41) is 0. The average molecular weight is 256 g/mol. The third kappa shape index (κ3) is 3.89. The zero-order chi connectivity index (χ0) is 13.7. The van der Waals surface area contributed by atoms with Crippen molar-refractivity contribution in [3.8, 4) is 0 Å². The van der Waals surface area contributed by atoms with Gasteiger partial charge in [0.15, 0.2) is 0 Å². The van der Waals surface area contributed by atoms with Crippen LogP contribution in [0.15, 0.2) is 0 Å². The summed E-state index contributed by atoms with van der Waals surface area (Å²) >= 11 is 0. The van der Waals surface area contributed by atoms with E-state index in [1.54, 1.807) is 4.90 Å². The first-order chi connectivity index (χ1) is 8.45. The Balaban J connectivity index is 2.66. The van der Waals surface area contributed by atoms with Crippen LogP contribution in [0.3, 0.4) is 0 Å². The summed E-state index contributed by atoms with van der Waals surface area (Å²) in [4.78, 5) is 27.1. The molecule has 0 aromatic carbocycles. The fraction of sp³-hybridized carbons (Fsp3) is 0.846. The van der Waals surface area contributed by atoms with Crippen LogP contribution in [-0.2, 0) is 9.53 Å². The molecular weight excluding hydrogens is 232 g/mol. The molecule has 2 amide bonds. The van der Waals surface area contributed by atoms with Gasteiger partial charge in [0.25, 0.3) is 0 Å². The number of piperidine rings is 1. The topological polar surface area (TPSA) is 49.9 Å². The van der Waals surface area contributed by atoms with Crippen LogP contribution in [0.5, 0.6) is 0 Å². The molecule has 1 fully saturated rings. The van der Waals surface area contributed by atoms with Crippen LogP contribution in [0.4, 0.5) is 4.79 Å². The molecule has 0 aliphatic carbocycles. The van der Waals surface area contributed by atoms with Gasteiger partial charge in [-0.25, -0.2) is 4.79 Å². The Morgan fingerprint density at radius 1 is 1.44 bits per heavy atom. The largest absolute Gasteiger partial charge is 0.468 e. The maximum absolute atomic E-state index is 12.4. The summed E-state index contributed by atoms with van der Waals surface area (Å²) in [7, 11) is 1.34. The predicted molar refractivity (Wildman–Crippen MR) is 69.2 cm³/mol. The second kappa shape index (κ2) is 6.61. The molecule has 1 atom stereocenters. The number of likely N-dealkylation sites (tertiary alicyclic amines) is 1. The molecule has 1 aliphatic heterocycles. The van der Waals surface area contributed by atoms with Gasteiger partial charge >= 0.3 is 12.0 Å². The number of urea groups is 1. The number of rotatable bonds is 3. The van der Waals surface area contributed by atoms with Gasteiger partial charge in [-0.2, -0.15) is 0 Å². The van der Waals surface area contributed by atoms with Crippen molar-refractivity contribution < 1.29 is 14.3 Å². The van der Waals surface area contributed by atoms with E-state index in [9.17, 15) is 9.59 Å². The summed E-state index contributed by atoms with van der Waals surface area (Å²) in [5.74, 6) is 0.164. The number of esters is 1. The summed E-state index contributed by atoms with van der Waals surface area (Å²) in [6, 6.07) is -0.0595. The maximum Gasteiger partial charge on any atom is 0.325 e. The number of methoxy groups -OCH3 is 1. The van der Waals surface area contributed by atoms with Gasteiger partial charge in [0, 0.05) is 19.1 Å². The number of nitrogens with zero attached hydrogens (tertiary/aromatic N) is 2. The zero-order valence-corrected chi connectivity index (χ0v) is 11.8. The van der Waals surface area contributed by atoms with Crippen molar-refractivity contribution in [2.75, 3.05) is 26.7 Å².